The number of sulfonamides is 1. The summed E-state index contributed by atoms with van der Waals surface area (Å²) in [6, 6.07) is 10.1. The number of hydrogen-bond acceptors (Lipinski definition) is 5. The highest BCUT2D eigenvalue weighted by Crippen LogP contribution is 2.31. The fourth-order valence-corrected chi connectivity index (χ4v) is 4.95. The topological polar surface area (TPSA) is 95.9 Å². The van der Waals surface area contributed by atoms with Gasteiger partial charge < -0.3 is 14.7 Å². The molecule has 0 saturated carbocycles. The molecule has 3 rings (SSSR count). The second-order valence-electron chi connectivity index (χ2n) is 7.79. The average molecular weight is 453 g/mol. The van der Waals surface area contributed by atoms with Crippen LogP contribution < -0.4 is 9.46 Å². The van der Waals surface area contributed by atoms with Gasteiger partial charge in [0.2, 0.25) is 0 Å². The van der Waals surface area contributed by atoms with Crippen LogP contribution in [0.4, 0.5) is 5.69 Å². The molecule has 2 aromatic carbocycles. The quantitative estimate of drug-likeness (QED) is 0.699. The first-order chi connectivity index (χ1) is 14.0. The van der Waals surface area contributed by atoms with Crippen LogP contribution in [0.5, 0.6) is 5.75 Å². The first kappa shape index (κ1) is 22.4. The van der Waals surface area contributed by atoms with E-state index in [0.29, 0.717) is 23.7 Å². The van der Waals surface area contributed by atoms with Gasteiger partial charge in [-0.3, -0.25) is 9.52 Å². The van der Waals surface area contributed by atoms with Crippen molar-refractivity contribution in [2.45, 2.75) is 43.2 Å². The zero-order chi connectivity index (χ0) is 22.1. The molecule has 0 aliphatic carbocycles. The van der Waals surface area contributed by atoms with Crippen LogP contribution in [0.2, 0.25) is 5.02 Å². The molecule has 1 aliphatic rings. The van der Waals surface area contributed by atoms with E-state index in [2.05, 4.69) is 4.72 Å². The summed E-state index contributed by atoms with van der Waals surface area (Å²) in [7, 11) is -2.57. The molecule has 0 radical (unpaired) electrons. The zero-order valence-electron chi connectivity index (χ0n) is 17.1. The molecule has 1 atom stereocenters. The monoisotopic (exact) mass is 452 g/mol. The molecule has 2 aromatic rings. The van der Waals surface area contributed by atoms with Crippen LogP contribution in [0.3, 0.4) is 0 Å². The number of amides is 1. The number of anilines is 1. The number of benzene rings is 2. The lowest BCUT2D eigenvalue weighted by Gasteiger charge is -2.33. The second-order valence-corrected chi connectivity index (χ2v) is 9.91. The van der Waals surface area contributed by atoms with Crippen molar-refractivity contribution in [2.24, 2.45) is 0 Å². The highest BCUT2D eigenvalue weighted by Gasteiger charge is 2.38. The molecule has 1 fully saturated rings. The molecular formula is C21H25ClN2O5S. The minimum absolute atomic E-state index is 0.0608. The molecule has 0 bridgehead atoms. The molecule has 7 nitrogen and oxygen atoms in total. The number of carbonyl (C=O) groups excluding carboxylic acids is 1. The summed E-state index contributed by atoms with van der Waals surface area (Å²) < 4.78 is 33.5. The Balaban J connectivity index is 1.89. The Morgan fingerprint density at radius 2 is 2.00 bits per heavy atom. The predicted molar refractivity (Wildman–Crippen MR) is 116 cm³/mol. The van der Waals surface area contributed by atoms with Gasteiger partial charge in [0.15, 0.2) is 0 Å². The molecule has 0 aromatic heterocycles. The van der Waals surface area contributed by atoms with Crippen molar-refractivity contribution in [3.8, 4) is 5.75 Å². The molecule has 0 spiro atoms. The Morgan fingerprint density at radius 3 is 2.67 bits per heavy atom. The van der Waals surface area contributed by atoms with E-state index in [-0.39, 0.29) is 28.1 Å². The molecule has 1 heterocycles. The van der Waals surface area contributed by atoms with Crippen LogP contribution in [0.1, 0.15) is 37.0 Å². The van der Waals surface area contributed by atoms with E-state index in [1.165, 1.54) is 31.4 Å². The first-order valence-electron chi connectivity index (χ1n) is 9.53. The van der Waals surface area contributed by atoms with E-state index in [0.717, 1.165) is 6.42 Å². The van der Waals surface area contributed by atoms with E-state index in [1.54, 1.807) is 36.9 Å². The smallest absolute Gasteiger partial charge is 0.262 e. The van der Waals surface area contributed by atoms with E-state index in [1.807, 2.05) is 0 Å². The number of hydrogen-bond donors (Lipinski definition) is 2. The van der Waals surface area contributed by atoms with Crippen LogP contribution in [0, 0.1) is 0 Å². The number of nitrogens with zero attached hydrogens (tertiary/aromatic N) is 1. The SMILES string of the molecule is COc1ccc(Cl)cc1NS(=O)(=O)c1cccc(C(=O)N2CCCC2C(C)(C)O)c1. The Morgan fingerprint density at radius 1 is 1.27 bits per heavy atom. The number of halogens is 1. The van der Waals surface area contributed by atoms with Crippen LogP contribution in [-0.2, 0) is 10.0 Å². The van der Waals surface area contributed by atoms with Crippen molar-refractivity contribution in [3.63, 3.8) is 0 Å². The van der Waals surface area contributed by atoms with Crippen molar-refractivity contribution >= 4 is 33.2 Å². The Hall–Kier alpha value is -2.29. The predicted octanol–water partition coefficient (Wildman–Crippen LogP) is 3.52. The highest BCUT2D eigenvalue weighted by atomic mass is 35.5. The summed E-state index contributed by atoms with van der Waals surface area (Å²) >= 11 is 5.98. The summed E-state index contributed by atoms with van der Waals surface area (Å²) in [6.07, 6.45) is 1.48. The Kier molecular flexibility index (Phi) is 6.31. The zero-order valence-corrected chi connectivity index (χ0v) is 18.6. The standard InChI is InChI=1S/C21H25ClN2O5S/c1-21(2,26)19-8-5-11-24(19)20(25)14-6-4-7-16(12-14)30(27,28)23-17-13-15(22)9-10-18(17)29-3/h4,6-7,9-10,12-13,19,23,26H,5,8,11H2,1-3H3. The number of likely N-dealkylation sites (tertiary alicyclic amines) is 1. The maximum Gasteiger partial charge on any atom is 0.262 e. The third-order valence-corrected chi connectivity index (χ3v) is 6.72. The van der Waals surface area contributed by atoms with E-state index in [9.17, 15) is 18.3 Å². The lowest BCUT2D eigenvalue weighted by molar-refractivity contribution is 0.000325. The van der Waals surface area contributed by atoms with E-state index < -0.39 is 15.6 Å². The summed E-state index contributed by atoms with van der Waals surface area (Å²) in [5.74, 6) is 0.0114. The number of aliphatic hydroxyl groups is 1. The number of carbonyl (C=O) groups is 1. The van der Waals surface area contributed by atoms with Gasteiger partial charge in [0.25, 0.3) is 15.9 Å². The molecule has 9 heteroatoms. The van der Waals surface area contributed by atoms with E-state index >= 15 is 0 Å². The summed E-state index contributed by atoms with van der Waals surface area (Å²) in [4.78, 5) is 14.6. The second kappa shape index (κ2) is 8.45. The van der Waals surface area contributed by atoms with Crippen molar-refractivity contribution in [2.75, 3.05) is 18.4 Å². The molecule has 1 amide bonds. The Labute approximate surface area is 181 Å². The van der Waals surface area contributed by atoms with Crippen LogP contribution in [-0.4, -0.2) is 49.6 Å². The lowest BCUT2D eigenvalue weighted by atomic mass is 9.96. The first-order valence-corrected chi connectivity index (χ1v) is 11.4. The van der Waals surface area contributed by atoms with Gasteiger partial charge in [0.1, 0.15) is 5.75 Å². The molecule has 1 unspecified atom stereocenters. The van der Waals surface area contributed by atoms with Crippen molar-refractivity contribution in [1.82, 2.24) is 4.90 Å². The van der Waals surface area contributed by atoms with Gasteiger partial charge in [-0.25, -0.2) is 8.42 Å². The fraction of sp³-hybridized carbons (Fsp3) is 0.381. The summed E-state index contributed by atoms with van der Waals surface area (Å²) in [6.45, 7) is 3.86. The van der Waals surface area contributed by atoms with Crippen molar-refractivity contribution in [3.05, 3.63) is 53.1 Å². The van der Waals surface area contributed by atoms with Gasteiger partial charge in [-0.2, -0.15) is 0 Å². The van der Waals surface area contributed by atoms with E-state index in [4.69, 9.17) is 16.3 Å². The van der Waals surface area contributed by atoms with Crippen LogP contribution in [0.15, 0.2) is 47.4 Å². The van der Waals surface area contributed by atoms with Gasteiger partial charge >= 0.3 is 0 Å². The van der Waals surface area contributed by atoms with Crippen LogP contribution >= 0.6 is 11.6 Å². The molecule has 2 N–H and O–H groups in total. The van der Waals surface area contributed by atoms with Crippen molar-refractivity contribution < 1.29 is 23.1 Å². The molecular weight excluding hydrogens is 428 g/mol. The molecule has 1 saturated heterocycles. The van der Waals surface area contributed by atoms with Crippen LogP contribution in [0.25, 0.3) is 0 Å². The van der Waals surface area contributed by atoms with Gasteiger partial charge in [-0.1, -0.05) is 17.7 Å². The number of nitrogens with one attached hydrogen (secondary N) is 1. The number of methoxy groups -OCH3 is 1. The maximum absolute atomic E-state index is 13.0. The third kappa shape index (κ3) is 4.71. The lowest BCUT2D eigenvalue weighted by Crippen LogP contribution is -2.48. The van der Waals surface area contributed by atoms with Gasteiger partial charge in [-0.15, -0.1) is 0 Å². The minimum atomic E-state index is -3.99. The average Bonchev–Trinajstić information content (AvgIpc) is 3.18. The number of ether oxygens (including phenoxy) is 1. The largest absolute Gasteiger partial charge is 0.495 e. The number of rotatable bonds is 6. The van der Waals surface area contributed by atoms with Gasteiger partial charge in [0, 0.05) is 17.1 Å². The summed E-state index contributed by atoms with van der Waals surface area (Å²) in [5, 5.41) is 10.7. The normalized spacial score (nSPS) is 17.1. The Bertz CT molecular complexity index is 1050. The highest BCUT2D eigenvalue weighted by molar-refractivity contribution is 7.92. The van der Waals surface area contributed by atoms with Crippen molar-refractivity contribution in [1.29, 1.82) is 0 Å². The van der Waals surface area contributed by atoms with Gasteiger partial charge in [0.05, 0.1) is 29.3 Å². The molecule has 162 valence electrons. The maximum atomic E-state index is 13.0. The van der Waals surface area contributed by atoms with Gasteiger partial charge in [-0.05, 0) is 63.1 Å². The minimum Gasteiger partial charge on any atom is -0.495 e. The molecule has 1 aliphatic heterocycles. The molecule has 30 heavy (non-hydrogen) atoms. The summed E-state index contributed by atoms with van der Waals surface area (Å²) in [5.41, 5.74) is -0.601. The third-order valence-electron chi connectivity index (χ3n) is 5.13. The fourth-order valence-electron chi connectivity index (χ4n) is 3.67.